The summed E-state index contributed by atoms with van der Waals surface area (Å²) in [5.74, 6) is 0.172. The summed E-state index contributed by atoms with van der Waals surface area (Å²) in [5, 5.41) is 12.3. The van der Waals surface area contributed by atoms with E-state index < -0.39 is 0 Å². The van der Waals surface area contributed by atoms with E-state index in [4.69, 9.17) is 4.74 Å². The molecule has 0 fully saturated rings. The van der Waals surface area contributed by atoms with Crippen molar-refractivity contribution in [2.45, 2.75) is 13.0 Å². The van der Waals surface area contributed by atoms with Crippen molar-refractivity contribution >= 4 is 28.8 Å². The standard InChI is InChI=1S/C18H17N5O3S/c1-10(11-3-4-15-13(5-11)21-16(24)8-26-15)20-17(25)14-9-27-18(22-14)12-6-19-23(2)7-12/h3-7,9-10H,8H2,1-2H3,(H,20,25)(H,21,24). The third kappa shape index (κ3) is 3.54. The maximum Gasteiger partial charge on any atom is 0.271 e. The lowest BCUT2D eigenvalue weighted by atomic mass is 10.1. The van der Waals surface area contributed by atoms with Gasteiger partial charge in [-0.15, -0.1) is 11.3 Å². The molecule has 9 heteroatoms. The van der Waals surface area contributed by atoms with Gasteiger partial charge in [0.1, 0.15) is 16.5 Å². The second-order valence-electron chi connectivity index (χ2n) is 6.23. The van der Waals surface area contributed by atoms with E-state index in [2.05, 4.69) is 20.7 Å². The number of ether oxygens (including phenoxy) is 1. The van der Waals surface area contributed by atoms with Gasteiger partial charge >= 0.3 is 0 Å². The molecule has 1 aromatic carbocycles. The fourth-order valence-electron chi connectivity index (χ4n) is 2.77. The van der Waals surface area contributed by atoms with Crippen molar-refractivity contribution in [2.24, 2.45) is 7.05 Å². The van der Waals surface area contributed by atoms with Crippen molar-refractivity contribution in [1.82, 2.24) is 20.1 Å². The first-order chi connectivity index (χ1) is 13.0. The number of amides is 2. The van der Waals surface area contributed by atoms with E-state index in [-0.39, 0.29) is 24.5 Å². The maximum absolute atomic E-state index is 12.5. The van der Waals surface area contributed by atoms with Crippen LogP contribution in [0.2, 0.25) is 0 Å². The molecule has 0 radical (unpaired) electrons. The first-order valence-corrected chi connectivity index (χ1v) is 9.19. The molecule has 3 heterocycles. The van der Waals surface area contributed by atoms with Crippen LogP contribution in [0.5, 0.6) is 5.75 Å². The molecular weight excluding hydrogens is 366 g/mol. The van der Waals surface area contributed by atoms with Gasteiger partial charge in [0.05, 0.1) is 17.9 Å². The molecule has 8 nitrogen and oxygen atoms in total. The summed E-state index contributed by atoms with van der Waals surface area (Å²) >= 11 is 1.40. The first-order valence-electron chi connectivity index (χ1n) is 8.31. The van der Waals surface area contributed by atoms with Gasteiger partial charge in [-0.3, -0.25) is 14.3 Å². The molecule has 4 rings (SSSR count). The van der Waals surface area contributed by atoms with E-state index in [9.17, 15) is 9.59 Å². The van der Waals surface area contributed by atoms with Crippen LogP contribution in [-0.2, 0) is 11.8 Å². The highest BCUT2D eigenvalue weighted by atomic mass is 32.1. The van der Waals surface area contributed by atoms with Gasteiger partial charge in [0.15, 0.2) is 6.61 Å². The number of nitrogens with zero attached hydrogens (tertiary/aromatic N) is 3. The van der Waals surface area contributed by atoms with E-state index in [1.54, 1.807) is 28.4 Å². The molecule has 0 saturated carbocycles. The van der Waals surface area contributed by atoms with Gasteiger partial charge in [-0.05, 0) is 24.6 Å². The summed E-state index contributed by atoms with van der Waals surface area (Å²) in [7, 11) is 1.83. The van der Waals surface area contributed by atoms with Crippen LogP contribution in [0.1, 0.15) is 29.0 Å². The number of aryl methyl sites for hydroxylation is 1. The third-order valence-corrected chi connectivity index (χ3v) is 5.06. The Morgan fingerprint density at radius 3 is 3.07 bits per heavy atom. The van der Waals surface area contributed by atoms with Crippen LogP contribution < -0.4 is 15.4 Å². The summed E-state index contributed by atoms with van der Waals surface area (Å²) in [5.41, 5.74) is 2.70. The van der Waals surface area contributed by atoms with Crippen LogP contribution in [0.25, 0.3) is 10.6 Å². The molecule has 27 heavy (non-hydrogen) atoms. The molecule has 2 amide bonds. The summed E-state index contributed by atoms with van der Waals surface area (Å²) in [6.45, 7) is 1.89. The molecule has 0 bridgehead atoms. The Bertz CT molecular complexity index is 1030. The minimum Gasteiger partial charge on any atom is -0.482 e. The second kappa shape index (κ2) is 6.84. The number of aromatic nitrogens is 3. The highest BCUT2D eigenvalue weighted by Gasteiger charge is 2.19. The molecule has 1 unspecified atom stereocenters. The van der Waals surface area contributed by atoms with Crippen LogP contribution in [0.4, 0.5) is 5.69 Å². The molecule has 3 aromatic rings. The van der Waals surface area contributed by atoms with E-state index in [0.29, 0.717) is 17.1 Å². The van der Waals surface area contributed by atoms with Gasteiger partial charge in [-0.2, -0.15) is 5.10 Å². The molecule has 1 aliphatic heterocycles. The summed E-state index contributed by atoms with van der Waals surface area (Å²) in [6, 6.07) is 5.20. The van der Waals surface area contributed by atoms with Crippen molar-refractivity contribution in [3.05, 3.63) is 47.2 Å². The fraction of sp³-hybridized carbons (Fsp3) is 0.222. The Morgan fingerprint density at radius 2 is 2.30 bits per heavy atom. The molecule has 138 valence electrons. The lowest BCUT2D eigenvalue weighted by Crippen LogP contribution is -2.28. The molecule has 1 atom stereocenters. The zero-order chi connectivity index (χ0) is 19.0. The summed E-state index contributed by atoms with van der Waals surface area (Å²) in [6.07, 6.45) is 3.57. The average Bonchev–Trinajstić information content (AvgIpc) is 3.30. The van der Waals surface area contributed by atoms with Gasteiger partial charge in [0.25, 0.3) is 11.8 Å². The maximum atomic E-state index is 12.5. The predicted octanol–water partition coefficient (Wildman–Crippen LogP) is 2.37. The zero-order valence-electron chi connectivity index (χ0n) is 14.7. The minimum atomic E-state index is -0.259. The number of carbonyl (C=O) groups is 2. The quantitative estimate of drug-likeness (QED) is 0.721. The Hall–Kier alpha value is -3.20. The van der Waals surface area contributed by atoms with Crippen LogP contribution in [0.3, 0.4) is 0 Å². The van der Waals surface area contributed by atoms with Crippen LogP contribution in [-0.4, -0.2) is 33.2 Å². The summed E-state index contributed by atoms with van der Waals surface area (Å²) < 4.78 is 7.04. The zero-order valence-corrected chi connectivity index (χ0v) is 15.5. The number of nitrogens with one attached hydrogen (secondary N) is 2. The van der Waals surface area contributed by atoms with Crippen molar-refractivity contribution in [3.63, 3.8) is 0 Å². The van der Waals surface area contributed by atoms with Crippen molar-refractivity contribution in [2.75, 3.05) is 11.9 Å². The molecule has 0 saturated heterocycles. The Labute approximate surface area is 159 Å². The van der Waals surface area contributed by atoms with Crippen molar-refractivity contribution in [1.29, 1.82) is 0 Å². The van der Waals surface area contributed by atoms with E-state index in [0.717, 1.165) is 16.1 Å². The fourth-order valence-corrected chi connectivity index (χ4v) is 3.54. The largest absolute Gasteiger partial charge is 0.482 e. The Morgan fingerprint density at radius 1 is 1.44 bits per heavy atom. The molecule has 2 N–H and O–H groups in total. The number of benzene rings is 1. The van der Waals surface area contributed by atoms with Gasteiger partial charge < -0.3 is 15.4 Å². The SMILES string of the molecule is CC(NC(=O)c1csc(-c2cnn(C)c2)n1)c1ccc2c(c1)NC(=O)CO2. The first kappa shape index (κ1) is 17.2. The van der Waals surface area contributed by atoms with E-state index in [1.165, 1.54) is 11.3 Å². The van der Waals surface area contributed by atoms with Crippen molar-refractivity contribution in [3.8, 4) is 16.3 Å². The summed E-state index contributed by atoms with van der Waals surface area (Å²) in [4.78, 5) is 28.4. The van der Waals surface area contributed by atoms with Gasteiger partial charge in [0, 0.05) is 24.2 Å². The van der Waals surface area contributed by atoms with Gasteiger partial charge in [-0.1, -0.05) is 6.07 Å². The molecule has 0 aliphatic carbocycles. The van der Waals surface area contributed by atoms with Gasteiger partial charge in [-0.25, -0.2) is 4.98 Å². The van der Waals surface area contributed by atoms with Crippen LogP contribution >= 0.6 is 11.3 Å². The molecular formula is C18H17N5O3S. The van der Waals surface area contributed by atoms with Crippen molar-refractivity contribution < 1.29 is 14.3 Å². The van der Waals surface area contributed by atoms with Crippen LogP contribution in [0, 0.1) is 0 Å². The normalized spacial score (nSPS) is 14.1. The van der Waals surface area contributed by atoms with E-state index >= 15 is 0 Å². The van der Waals surface area contributed by atoms with Gasteiger partial charge in [0.2, 0.25) is 0 Å². The lowest BCUT2D eigenvalue weighted by molar-refractivity contribution is -0.118. The molecule has 1 aliphatic rings. The number of hydrogen-bond donors (Lipinski definition) is 2. The lowest BCUT2D eigenvalue weighted by Gasteiger charge is -2.20. The van der Waals surface area contributed by atoms with Crippen LogP contribution in [0.15, 0.2) is 36.0 Å². The highest BCUT2D eigenvalue weighted by Crippen LogP contribution is 2.30. The average molecular weight is 383 g/mol. The molecule has 0 spiro atoms. The number of rotatable bonds is 4. The number of carbonyl (C=O) groups excluding carboxylic acids is 2. The predicted molar refractivity (Wildman–Crippen MR) is 101 cm³/mol. The highest BCUT2D eigenvalue weighted by molar-refractivity contribution is 7.13. The third-order valence-electron chi connectivity index (χ3n) is 4.17. The number of anilines is 1. The second-order valence-corrected chi connectivity index (χ2v) is 7.09. The monoisotopic (exact) mass is 383 g/mol. The molecule has 2 aromatic heterocycles. The minimum absolute atomic E-state index is 0.0156. The smallest absolute Gasteiger partial charge is 0.271 e. The Kier molecular flexibility index (Phi) is 4.36. The number of fused-ring (bicyclic) bond motifs is 1. The Balaban J connectivity index is 1.47. The topological polar surface area (TPSA) is 98.1 Å². The number of hydrogen-bond acceptors (Lipinski definition) is 6. The van der Waals surface area contributed by atoms with E-state index in [1.807, 2.05) is 26.2 Å². The number of thiazole rings is 1.